The van der Waals surface area contributed by atoms with Crippen molar-refractivity contribution in [2.45, 2.75) is 25.8 Å². The van der Waals surface area contributed by atoms with E-state index >= 15 is 0 Å². The number of hydrogen-bond donors (Lipinski definition) is 1. The first-order valence-electron chi connectivity index (χ1n) is 6.31. The lowest BCUT2D eigenvalue weighted by atomic mass is 9.97. The molecule has 2 aromatic rings. The molecular weight excluding hydrogens is 225 g/mol. The average molecular weight is 243 g/mol. The number of benzene rings is 2. The Hall–Kier alpha value is -1.67. The first-order chi connectivity index (χ1) is 8.72. The molecule has 0 aliphatic rings. The highest BCUT2D eigenvalue weighted by Crippen LogP contribution is 2.22. The Labute approximate surface area is 107 Å². The van der Waals surface area contributed by atoms with Gasteiger partial charge in [0.25, 0.3) is 0 Å². The van der Waals surface area contributed by atoms with Gasteiger partial charge in [-0.2, -0.15) is 0 Å². The number of aryl methyl sites for hydroxylation is 1. The Balaban J connectivity index is 2.23. The molecule has 1 nitrogen and oxygen atoms in total. The zero-order valence-electron chi connectivity index (χ0n) is 10.6. The van der Waals surface area contributed by atoms with Gasteiger partial charge in [-0.25, -0.2) is 4.39 Å². The van der Waals surface area contributed by atoms with E-state index in [1.807, 2.05) is 18.2 Å². The van der Waals surface area contributed by atoms with Crippen LogP contribution in [0.2, 0.25) is 0 Å². The molecule has 0 saturated heterocycles. The van der Waals surface area contributed by atoms with E-state index in [1.54, 1.807) is 12.1 Å². The molecule has 1 unspecified atom stereocenters. The van der Waals surface area contributed by atoms with Crippen molar-refractivity contribution in [2.24, 2.45) is 5.73 Å². The third kappa shape index (κ3) is 2.77. The summed E-state index contributed by atoms with van der Waals surface area (Å²) >= 11 is 0. The van der Waals surface area contributed by atoms with Crippen LogP contribution in [-0.2, 0) is 6.42 Å². The maximum Gasteiger partial charge on any atom is 0.128 e. The molecule has 0 spiro atoms. The van der Waals surface area contributed by atoms with Crippen molar-refractivity contribution in [3.8, 4) is 0 Å². The zero-order valence-corrected chi connectivity index (χ0v) is 10.6. The Bertz CT molecular complexity index is 505. The van der Waals surface area contributed by atoms with E-state index in [1.165, 1.54) is 11.6 Å². The van der Waals surface area contributed by atoms with Gasteiger partial charge in [-0.3, -0.25) is 0 Å². The Morgan fingerprint density at radius 1 is 1.06 bits per heavy atom. The van der Waals surface area contributed by atoms with Crippen molar-refractivity contribution in [3.05, 3.63) is 71.0 Å². The Morgan fingerprint density at radius 2 is 1.72 bits per heavy atom. The molecule has 2 N–H and O–H groups in total. The second-order valence-corrected chi connectivity index (χ2v) is 4.49. The minimum Gasteiger partial charge on any atom is -0.320 e. The van der Waals surface area contributed by atoms with E-state index in [9.17, 15) is 4.39 Å². The fraction of sp³-hybridized carbons (Fsp3) is 0.250. The van der Waals surface area contributed by atoms with Crippen molar-refractivity contribution in [2.75, 3.05) is 0 Å². The summed E-state index contributed by atoms with van der Waals surface area (Å²) in [4.78, 5) is 0. The highest BCUT2D eigenvalue weighted by Gasteiger charge is 2.12. The van der Waals surface area contributed by atoms with Crippen LogP contribution in [0.3, 0.4) is 0 Å². The quantitative estimate of drug-likeness (QED) is 0.867. The van der Waals surface area contributed by atoms with E-state index in [0.29, 0.717) is 5.56 Å². The van der Waals surface area contributed by atoms with Gasteiger partial charge in [0.15, 0.2) is 0 Å². The normalized spacial score (nSPS) is 12.4. The van der Waals surface area contributed by atoms with Crippen LogP contribution in [-0.4, -0.2) is 0 Å². The maximum atomic E-state index is 13.6. The summed E-state index contributed by atoms with van der Waals surface area (Å²) in [5.41, 5.74) is 8.88. The van der Waals surface area contributed by atoms with Gasteiger partial charge in [-0.15, -0.1) is 0 Å². The van der Waals surface area contributed by atoms with Crippen LogP contribution < -0.4 is 5.73 Å². The van der Waals surface area contributed by atoms with E-state index < -0.39 is 6.04 Å². The summed E-state index contributed by atoms with van der Waals surface area (Å²) in [6.07, 6.45) is 2.19. The molecule has 94 valence electrons. The molecule has 0 bridgehead atoms. The van der Waals surface area contributed by atoms with Gasteiger partial charge in [-0.1, -0.05) is 55.8 Å². The molecule has 1 atom stereocenters. The first kappa shape index (κ1) is 12.8. The topological polar surface area (TPSA) is 26.0 Å². The zero-order chi connectivity index (χ0) is 13.0. The summed E-state index contributed by atoms with van der Waals surface area (Å²) in [5.74, 6) is -0.248. The predicted octanol–water partition coefficient (Wildman–Crippen LogP) is 3.83. The lowest BCUT2D eigenvalue weighted by molar-refractivity contribution is 0.599. The molecular formula is C16H18FN. The highest BCUT2D eigenvalue weighted by atomic mass is 19.1. The van der Waals surface area contributed by atoms with Crippen LogP contribution >= 0.6 is 0 Å². The van der Waals surface area contributed by atoms with E-state index in [4.69, 9.17) is 5.73 Å². The van der Waals surface area contributed by atoms with Crippen LogP contribution in [0.15, 0.2) is 48.5 Å². The van der Waals surface area contributed by atoms with Crippen LogP contribution in [0, 0.1) is 5.82 Å². The van der Waals surface area contributed by atoms with Crippen LogP contribution in [0.25, 0.3) is 0 Å². The van der Waals surface area contributed by atoms with Gasteiger partial charge in [-0.05, 0) is 23.6 Å². The fourth-order valence-electron chi connectivity index (χ4n) is 2.09. The van der Waals surface area contributed by atoms with Gasteiger partial charge >= 0.3 is 0 Å². The number of hydrogen-bond acceptors (Lipinski definition) is 1. The molecule has 2 aromatic carbocycles. The smallest absolute Gasteiger partial charge is 0.128 e. The molecule has 0 saturated carbocycles. The number of rotatable bonds is 4. The molecule has 0 aliphatic carbocycles. The van der Waals surface area contributed by atoms with E-state index in [2.05, 4.69) is 19.1 Å². The lowest BCUT2D eigenvalue weighted by Gasteiger charge is -2.13. The maximum absolute atomic E-state index is 13.6. The minimum atomic E-state index is -0.401. The average Bonchev–Trinajstić information content (AvgIpc) is 2.40. The van der Waals surface area contributed by atoms with Crippen molar-refractivity contribution in [1.29, 1.82) is 0 Å². The van der Waals surface area contributed by atoms with E-state index in [0.717, 1.165) is 18.4 Å². The third-order valence-electron chi connectivity index (χ3n) is 3.12. The first-order valence-corrected chi connectivity index (χ1v) is 6.31. The third-order valence-corrected chi connectivity index (χ3v) is 3.12. The molecule has 0 heterocycles. The standard InChI is InChI=1S/C16H18FN/c1-2-5-12-8-10-13(11-9-12)16(18)14-6-3-4-7-15(14)17/h3-4,6-11,16H,2,5,18H2,1H3. The van der Waals surface area contributed by atoms with Gasteiger partial charge < -0.3 is 5.73 Å². The second-order valence-electron chi connectivity index (χ2n) is 4.49. The minimum absolute atomic E-state index is 0.248. The van der Waals surface area contributed by atoms with E-state index in [-0.39, 0.29) is 5.82 Å². The monoisotopic (exact) mass is 243 g/mol. The van der Waals surface area contributed by atoms with Crippen molar-refractivity contribution < 1.29 is 4.39 Å². The summed E-state index contributed by atoms with van der Waals surface area (Å²) < 4.78 is 13.6. The van der Waals surface area contributed by atoms with Crippen molar-refractivity contribution in [1.82, 2.24) is 0 Å². The molecule has 18 heavy (non-hydrogen) atoms. The summed E-state index contributed by atoms with van der Waals surface area (Å²) in [6, 6.07) is 14.4. The second kappa shape index (κ2) is 5.78. The van der Waals surface area contributed by atoms with Gasteiger partial charge in [0.2, 0.25) is 0 Å². The molecule has 0 fully saturated rings. The van der Waals surface area contributed by atoms with Crippen LogP contribution in [0.1, 0.15) is 36.1 Å². The largest absolute Gasteiger partial charge is 0.320 e. The molecule has 0 aliphatic heterocycles. The van der Waals surface area contributed by atoms with Gasteiger partial charge in [0.1, 0.15) is 5.82 Å². The number of halogens is 1. The summed E-state index contributed by atoms with van der Waals surface area (Å²) in [7, 11) is 0. The fourth-order valence-corrected chi connectivity index (χ4v) is 2.09. The van der Waals surface area contributed by atoms with Crippen molar-refractivity contribution in [3.63, 3.8) is 0 Å². The van der Waals surface area contributed by atoms with Gasteiger partial charge in [0, 0.05) is 5.56 Å². The predicted molar refractivity (Wildman–Crippen MR) is 72.9 cm³/mol. The SMILES string of the molecule is CCCc1ccc(C(N)c2ccccc2F)cc1. The molecule has 2 heteroatoms. The summed E-state index contributed by atoms with van der Waals surface area (Å²) in [5, 5.41) is 0. The van der Waals surface area contributed by atoms with Crippen molar-refractivity contribution >= 4 is 0 Å². The Kier molecular flexibility index (Phi) is 4.11. The number of nitrogens with two attached hydrogens (primary N) is 1. The van der Waals surface area contributed by atoms with Crippen LogP contribution in [0.5, 0.6) is 0 Å². The lowest BCUT2D eigenvalue weighted by Crippen LogP contribution is -2.13. The highest BCUT2D eigenvalue weighted by molar-refractivity contribution is 5.33. The summed E-state index contributed by atoms with van der Waals surface area (Å²) in [6.45, 7) is 2.15. The Morgan fingerprint density at radius 3 is 2.33 bits per heavy atom. The molecule has 0 amide bonds. The molecule has 0 aromatic heterocycles. The van der Waals surface area contributed by atoms with Crippen LogP contribution in [0.4, 0.5) is 4.39 Å². The molecule has 0 radical (unpaired) electrons. The van der Waals surface area contributed by atoms with Gasteiger partial charge in [0.05, 0.1) is 6.04 Å². The molecule has 2 rings (SSSR count).